The fraction of sp³-hybridized carbons (Fsp3) is 0.0476. The molecule has 27 heavy (non-hydrogen) atoms. The normalized spacial score (nSPS) is 11.7. The first-order chi connectivity index (χ1) is 12.6. The number of hydrogen-bond acceptors (Lipinski definition) is 2. The number of aryl methyl sites for hydroxylation is 1. The number of aromatic nitrogens is 1. The Morgan fingerprint density at radius 1 is 1.04 bits per heavy atom. The van der Waals surface area contributed by atoms with Crippen LogP contribution in [-0.4, -0.2) is 5.24 Å². The molecule has 1 aliphatic heterocycles. The number of nitrogens with zero attached hydrogens (tertiary/aromatic N) is 1. The molecule has 0 spiro atoms. The Bertz CT molecular complexity index is 1270. The molecule has 1 aromatic heterocycles. The van der Waals surface area contributed by atoms with Crippen molar-refractivity contribution in [1.29, 1.82) is 0 Å². The zero-order valence-corrected chi connectivity index (χ0v) is 15.6. The van der Waals surface area contributed by atoms with Gasteiger partial charge in [0.05, 0.1) is 21.9 Å². The van der Waals surface area contributed by atoms with E-state index >= 15 is 0 Å². The second kappa shape index (κ2) is 6.19. The summed E-state index contributed by atoms with van der Waals surface area (Å²) < 4.78 is 22.4. The molecular formula is C21H12Cl2FNO2. The standard InChI is InChI=1S/C21H12ClFNO2.ClH/c1-24-16-10-14(21(22)25)15(23)9-13(16)11-6-4-8-18-19(11)20(24)12-5-2-3-7-17(12)26-18;/h2-10H,1H3;1H/q+1;/p-1. The fourth-order valence-electron chi connectivity index (χ4n) is 3.76. The van der Waals surface area contributed by atoms with E-state index in [9.17, 15) is 9.18 Å². The van der Waals surface area contributed by atoms with Gasteiger partial charge in [-0.3, -0.25) is 4.79 Å². The number of benzene rings is 3. The molecule has 134 valence electrons. The third-order valence-corrected chi connectivity index (χ3v) is 5.11. The molecule has 1 aliphatic rings. The van der Waals surface area contributed by atoms with Crippen molar-refractivity contribution >= 4 is 38.5 Å². The highest BCUT2D eigenvalue weighted by atomic mass is 35.5. The van der Waals surface area contributed by atoms with Gasteiger partial charge in [0.25, 0.3) is 5.24 Å². The van der Waals surface area contributed by atoms with E-state index in [0.717, 1.165) is 39.0 Å². The van der Waals surface area contributed by atoms with Crippen LogP contribution in [-0.2, 0) is 7.05 Å². The lowest BCUT2D eigenvalue weighted by molar-refractivity contribution is -0.632. The van der Waals surface area contributed by atoms with Crippen LogP contribution in [0.15, 0.2) is 54.6 Å². The maximum Gasteiger partial charge on any atom is 0.255 e. The predicted molar refractivity (Wildman–Crippen MR) is 98.3 cm³/mol. The lowest BCUT2D eigenvalue weighted by atomic mass is 9.95. The maximum absolute atomic E-state index is 14.4. The SMILES string of the molecule is C[n+]1c2c3c(cccc3c3cc(F)c(C(=O)Cl)cc31)Oc1ccccc1-2.[Cl-]. The van der Waals surface area contributed by atoms with E-state index in [1.54, 1.807) is 0 Å². The summed E-state index contributed by atoms with van der Waals surface area (Å²) in [6, 6.07) is 16.4. The Morgan fingerprint density at radius 3 is 2.56 bits per heavy atom. The average molecular weight is 400 g/mol. The van der Waals surface area contributed by atoms with Crippen molar-refractivity contribution in [3.05, 3.63) is 66.0 Å². The zero-order chi connectivity index (χ0) is 18.0. The van der Waals surface area contributed by atoms with E-state index in [1.807, 2.05) is 54.1 Å². The minimum Gasteiger partial charge on any atom is -1.00 e. The Hall–Kier alpha value is -2.69. The van der Waals surface area contributed by atoms with Crippen molar-refractivity contribution < 1.29 is 30.9 Å². The third kappa shape index (κ3) is 2.41. The minimum atomic E-state index is -0.810. The van der Waals surface area contributed by atoms with Gasteiger partial charge in [-0.25, -0.2) is 4.39 Å². The molecule has 0 amide bonds. The summed E-state index contributed by atoms with van der Waals surface area (Å²) in [5.74, 6) is 0.861. The predicted octanol–water partition coefficient (Wildman–Crippen LogP) is 2.11. The first kappa shape index (κ1) is 17.7. The molecule has 0 saturated heterocycles. The van der Waals surface area contributed by atoms with Crippen LogP contribution in [0.4, 0.5) is 4.39 Å². The van der Waals surface area contributed by atoms with E-state index < -0.39 is 11.1 Å². The average Bonchev–Trinajstić information content (AvgIpc) is 2.64. The molecule has 2 heterocycles. The minimum absolute atomic E-state index is 0. The quantitative estimate of drug-likeness (QED) is 0.245. The van der Waals surface area contributed by atoms with Gasteiger partial charge >= 0.3 is 0 Å². The molecule has 3 nitrogen and oxygen atoms in total. The number of fused-ring (bicyclic) bond motifs is 4. The highest BCUT2D eigenvalue weighted by molar-refractivity contribution is 6.67. The number of ether oxygens (including phenoxy) is 1. The van der Waals surface area contributed by atoms with Crippen LogP contribution >= 0.6 is 11.6 Å². The number of rotatable bonds is 1. The lowest BCUT2D eigenvalue weighted by Gasteiger charge is -2.20. The number of carbonyl (C=O) groups is 1. The van der Waals surface area contributed by atoms with Crippen LogP contribution in [0.5, 0.6) is 11.5 Å². The Labute approximate surface area is 165 Å². The van der Waals surface area contributed by atoms with Crippen molar-refractivity contribution in [2.24, 2.45) is 7.05 Å². The molecule has 5 rings (SSSR count). The summed E-state index contributed by atoms with van der Waals surface area (Å²) in [7, 11) is 1.90. The van der Waals surface area contributed by atoms with Crippen LogP contribution in [0.3, 0.4) is 0 Å². The number of para-hydroxylation sites is 1. The van der Waals surface area contributed by atoms with Crippen molar-refractivity contribution in [2.75, 3.05) is 0 Å². The van der Waals surface area contributed by atoms with Gasteiger partial charge in [0.15, 0.2) is 0 Å². The number of carbonyl (C=O) groups excluding carboxylic acids is 1. The summed E-state index contributed by atoms with van der Waals surface area (Å²) in [6.45, 7) is 0. The molecule has 3 aromatic carbocycles. The van der Waals surface area contributed by atoms with E-state index in [0.29, 0.717) is 5.39 Å². The Kier molecular flexibility index (Phi) is 4.06. The van der Waals surface area contributed by atoms with Gasteiger partial charge in [0, 0.05) is 11.5 Å². The summed E-state index contributed by atoms with van der Waals surface area (Å²) in [4.78, 5) is 11.6. The van der Waals surface area contributed by atoms with Gasteiger partial charge in [0.2, 0.25) is 11.2 Å². The van der Waals surface area contributed by atoms with E-state index in [2.05, 4.69) is 0 Å². The van der Waals surface area contributed by atoms with Crippen LogP contribution < -0.4 is 21.7 Å². The van der Waals surface area contributed by atoms with E-state index in [-0.39, 0.29) is 18.0 Å². The fourth-order valence-corrected chi connectivity index (χ4v) is 3.91. The number of hydrogen-bond donors (Lipinski definition) is 0. The molecule has 6 heteroatoms. The summed E-state index contributed by atoms with van der Waals surface area (Å²) in [5, 5.41) is 1.68. The van der Waals surface area contributed by atoms with Crippen molar-refractivity contribution in [3.63, 3.8) is 0 Å². The maximum atomic E-state index is 14.4. The molecule has 0 saturated carbocycles. The molecule has 4 aromatic rings. The van der Waals surface area contributed by atoms with E-state index in [1.165, 1.54) is 12.1 Å². The summed E-state index contributed by atoms with van der Waals surface area (Å²) >= 11 is 5.56. The van der Waals surface area contributed by atoms with Crippen LogP contribution in [0.2, 0.25) is 0 Å². The largest absolute Gasteiger partial charge is 1.00 e. The smallest absolute Gasteiger partial charge is 0.255 e. The van der Waals surface area contributed by atoms with Gasteiger partial charge in [-0.1, -0.05) is 24.3 Å². The van der Waals surface area contributed by atoms with Crippen LogP contribution in [0.25, 0.3) is 32.9 Å². The lowest BCUT2D eigenvalue weighted by Crippen LogP contribution is -3.00. The Balaban J connectivity index is 0.00000180. The third-order valence-electron chi connectivity index (χ3n) is 4.91. The van der Waals surface area contributed by atoms with Crippen molar-refractivity contribution in [1.82, 2.24) is 0 Å². The van der Waals surface area contributed by atoms with Gasteiger partial charge in [-0.2, -0.15) is 4.57 Å². The number of halogens is 3. The molecule has 0 aliphatic carbocycles. The topological polar surface area (TPSA) is 30.2 Å². The molecule has 0 unspecified atom stereocenters. The molecular weight excluding hydrogens is 388 g/mol. The summed E-state index contributed by atoms with van der Waals surface area (Å²) in [6.07, 6.45) is 0. The first-order valence-electron chi connectivity index (χ1n) is 8.11. The number of pyridine rings is 1. The van der Waals surface area contributed by atoms with Gasteiger partial charge < -0.3 is 17.1 Å². The van der Waals surface area contributed by atoms with Crippen LogP contribution in [0, 0.1) is 5.82 Å². The zero-order valence-electron chi connectivity index (χ0n) is 14.1. The van der Waals surface area contributed by atoms with Gasteiger partial charge in [0.1, 0.15) is 24.4 Å². The Morgan fingerprint density at radius 2 is 1.78 bits per heavy atom. The van der Waals surface area contributed by atoms with Crippen LogP contribution in [0.1, 0.15) is 10.4 Å². The monoisotopic (exact) mass is 399 g/mol. The van der Waals surface area contributed by atoms with Crippen molar-refractivity contribution in [3.8, 4) is 22.8 Å². The molecule has 0 N–H and O–H groups in total. The van der Waals surface area contributed by atoms with Gasteiger partial charge in [-0.05, 0) is 35.9 Å². The molecule has 0 fully saturated rings. The summed E-state index contributed by atoms with van der Waals surface area (Å²) in [5.41, 5.74) is 2.51. The highest BCUT2D eigenvalue weighted by Crippen LogP contribution is 2.46. The molecule has 0 radical (unpaired) electrons. The van der Waals surface area contributed by atoms with E-state index in [4.69, 9.17) is 16.3 Å². The molecule has 0 bridgehead atoms. The van der Waals surface area contributed by atoms with Crippen molar-refractivity contribution in [2.45, 2.75) is 0 Å². The highest BCUT2D eigenvalue weighted by Gasteiger charge is 2.30. The second-order valence-corrected chi connectivity index (χ2v) is 6.65. The van der Waals surface area contributed by atoms with Gasteiger partial charge in [-0.15, -0.1) is 0 Å². The molecule has 0 atom stereocenters. The first-order valence-corrected chi connectivity index (χ1v) is 8.49. The second-order valence-electron chi connectivity index (χ2n) is 6.31.